The van der Waals surface area contributed by atoms with E-state index in [4.69, 9.17) is 0 Å². The van der Waals surface area contributed by atoms with E-state index in [1.54, 1.807) is 0 Å². The van der Waals surface area contributed by atoms with E-state index in [2.05, 4.69) is 4.98 Å². The van der Waals surface area contributed by atoms with Gasteiger partial charge >= 0.3 is 0 Å². The molecule has 4 aromatic rings. The molecule has 3 aromatic carbocycles. The molecule has 0 aliphatic rings. The van der Waals surface area contributed by atoms with Crippen molar-refractivity contribution in [1.82, 2.24) is 4.98 Å². The normalized spacial score (nSPS) is 11.4. The van der Waals surface area contributed by atoms with Crippen molar-refractivity contribution in [1.29, 1.82) is 0 Å². The van der Waals surface area contributed by atoms with Gasteiger partial charge in [0.1, 0.15) is 5.01 Å². The van der Waals surface area contributed by atoms with Crippen LogP contribution in [0, 0.1) is 0 Å². The first-order valence-corrected chi connectivity index (χ1v) is 11.0. The molecule has 0 aliphatic carbocycles. The summed E-state index contributed by atoms with van der Waals surface area (Å²) in [6, 6.07) is 28.5. The number of hydrogen-bond acceptors (Lipinski definition) is 4. The summed E-state index contributed by atoms with van der Waals surface area (Å²) in [6.07, 6.45) is 0. The van der Waals surface area contributed by atoms with Crippen LogP contribution in [-0.4, -0.2) is 13.4 Å². The molecule has 0 atom stereocenters. The zero-order valence-corrected chi connectivity index (χ0v) is 16.1. The SMILES string of the molecule is O=S(=O)(Cc1ccccc1)c1nc(-c2ccccc2)sc1-c1ccccc1. The van der Waals surface area contributed by atoms with Crippen LogP contribution in [0.4, 0.5) is 0 Å². The maximum Gasteiger partial charge on any atom is 0.201 e. The number of sulfone groups is 1. The number of nitrogens with zero attached hydrogens (tertiary/aromatic N) is 1. The Labute approximate surface area is 162 Å². The standard InChI is InChI=1S/C22H17NO2S2/c24-27(25,16-17-10-4-1-5-11-17)22-20(18-12-6-2-7-13-18)26-21(23-22)19-14-8-3-9-15-19/h1-15H,16H2. The highest BCUT2D eigenvalue weighted by Gasteiger charge is 2.26. The molecule has 0 unspecified atom stereocenters. The summed E-state index contributed by atoms with van der Waals surface area (Å²) in [7, 11) is -3.58. The quantitative estimate of drug-likeness (QED) is 0.454. The van der Waals surface area contributed by atoms with Gasteiger partial charge < -0.3 is 0 Å². The highest BCUT2D eigenvalue weighted by atomic mass is 32.2. The van der Waals surface area contributed by atoms with Gasteiger partial charge in [0, 0.05) is 5.56 Å². The summed E-state index contributed by atoms with van der Waals surface area (Å²) in [6.45, 7) is 0. The molecule has 0 aliphatic heterocycles. The third kappa shape index (κ3) is 3.84. The molecule has 0 radical (unpaired) electrons. The number of rotatable bonds is 5. The Morgan fingerprint density at radius 2 is 1.22 bits per heavy atom. The summed E-state index contributed by atoms with van der Waals surface area (Å²) in [5.74, 6) is -0.0639. The topological polar surface area (TPSA) is 47.0 Å². The Hall–Kier alpha value is -2.76. The van der Waals surface area contributed by atoms with Gasteiger partial charge in [0.05, 0.1) is 10.6 Å². The van der Waals surface area contributed by atoms with Gasteiger partial charge in [-0.15, -0.1) is 11.3 Å². The fourth-order valence-electron chi connectivity index (χ4n) is 2.86. The second kappa shape index (κ2) is 7.47. The molecule has 27 heavy (non-hydrogen) atoms. The Bertz CT molecular complexity index is 1140. The Morgan fingerprint density at radius 3 is 1.81 bits per heavy atom. The molecule has 0 spiro atoms. The Kier molecular flexibility index (Phi) is 4.88. The largest absolute Gasteiger partial charge is 0.224 e. The van der Waals surface area contributed by atoms with Gasteiger partial charge in [0.15, 0.2) is 5.03 Å². The molecule has 1 aromatic heterocycles. The van der Waals surface area contributed by atoms with Crippen molar-refractivity contribution >= 4 is 21.2 Å². The predicted molar refractivity (Wildman–Crippen MR) is 110 cm³/mol. The second-order valence-electron chi connectivity index (χ2n) is 6.13. The van der Waals surface area contributed by atoms with E-state index in [9.17, 15) is 8.42 Å². The van der Waals surface area contributed by atoms with Crippen LogP contribution in [0.15, 0.2) is 96.0 Å². The highest BCUT2D eigenvalue weighted by Crippen LogP contribution is 2.38. The zero-order chi connectivity index (χ0) is 18.7. The summed E-state index contributed by atoms with van der Waals surface area (Å²) in [5, 5.41) is 0.863. The lowest BCUT2D eigenvalue weighted by atomic mass is 10.2. The van der Waals surface area contributed by atoms with E-state index in [-0.39, 0.29) is 10.8 Å². The van der Waals surface area contributed by atoms with E-state index < -0.39 is 9.84 Å². The van der Waals surface area contributed by atoms with Gasteiger partial charge in [-0.1, -0.05) is 91.0 Å². The highest BCUT2D eigenvalue weighted by molar-refractivity contribution is 7.90. The van der Waals surface area contributed by atoms with Crippen LogP contribution in [0.5, 0.6) is 0 Å². The van der Waals surface area contributed by atoms with Gasteiger partial charge in [-0.25, -0.2) is 13.4 Å². The first-order chi connectivity index (χ1) is 13.1. The summed E-state index contributed by atoms with van der Waals surface area (Å²) < 4.78 is 26.4. The van der Waals surface area contributed by atoms with Crippen LogP contribution in [0.1, 0.15) is 5.56 Å². The molecule has 4 rings (SSSR count). The van der Waals surface area contributed by atoms with Crippen molar-refractivity contribution in [3.63, 3.8) is 0 Å². The number of aromatic nitrogens is 1. The summed E-state index contributed by atoms with van der Waals surface area (Å²) in [5.41, 5.74) is 2.54. The van der Waals surface area contributed by atoms with Crippen LogP contribution in [0.25, 0.3) is 21.0 Å². The number of thiazole rings is 1. The summed E-state index contributed by atoms with van der Waals surface area (Å²) in [4.78, 5) is 5.24. The van der Waals surface area contributed by atoms with Crippen LogP contribution in [0.2, 0.25) is 0 Å². The first kappa shape index (κ1) is 17.6. The van der Waals surface area contributed by atoms with Crippen LogP contribution in [-0.2, 0) is 15.6 Å². The van der Waals surface area contributed by atoms with E-state index in [1.807, 2.05) is 91.0 Å². The van der Waals surface area contributed by atoms with Gasteiger partial charge in [0.2, 0.25) is 9.84 Å². The average Bonchev–Trinajstić information content (AvgIpc) is 3.16. The van der Waals surface area contributed by atoms with Gasteiger partial charge in [-0.3, -0.25) is 0 Å². The van der Waals surface area contributed by atoms with Crippen molar-refractivity contribution in [2.45, 2.75) is 10.8 Å². The lowest BCUT2D eigenvalue weighted by Gasteiger charge is -2.05. The van der Waals surface area contributed by atoms with E-state index in [1.165, 1.54) is 11.3 Å². The van der Waals surface area contributed by atoms with Crippen molar-refractivity contribution in [2.24, 2.45) is 0 Å². The minimum atomic E-state index is -3.58. The van der Waals surface area contributed by atoms with Crippen molar-refractivity contribution < 1.29 is 8.42 Å². The van der Waals surface area contributed by atoms with Crippen LogP contribution >= 0.6 is 11.3 Å². The van der Waals surface area contributed by atoms with Crippen molar-refractivity contribution in [3.05, 3.63) is 96.6 Å². The van der Waals surface area contributed by atoms with Crippen LogP contribution < -0.4 is 0 Å². The molecular weight excluding hydrogens is 374 g/mol. The molecule has 0 saturated carbocycles. The molecule has 3 nitrogen and oxygen atoms in total. The molecule has 0 N–H and O–H groups in total. The summed E-state index contributed by atoms with van der Waals surface area (Å²) >= 11 is 1.41. The molecule has 1 heterocycles. The smallest absolute Gasteiger partial charge is 0.201 e. The maximum atomic E-state index is 13.2. The van der Waals surface area contributed by atoms with Gasteiger partial charge in [0.25, 0.3) is 0 Å². The van der Waals surface area contributed by atoms with E-state index >= 15 is 0 Å². The monoisotopic (exact) mass is 391 g/mol. The average molecular weight is 392 g/mol. The van der Waals surface area contributed by atoms with E-state index in [0.29, 0.717) is 9.88 Å². The minimum absolute atomic E-state index is 0.0639. The van der Waals surface area contributed by atoms with Crippen molar-refractivity contribution in [3.8, 4) is 21.0 Å². The Balaban J connectivity index is 1.84. The fraction of sp³-hybridized carbons (Fsp3) is 0.0455. The lowest BCUT2D eigenvalue weighted by Crippen LogP contribution is -2.06. The zero-order valence-electron chi connectivity index (χ0n) is 14.4. The predicted octanol–water partition coefficient (Wildman–Crippen LogP) is 5.45. The van der Waals surface area contributed by atoms with Crippen LogP contribution in [0.3, 0.4) is 0 Å². The molecule has 134 valence electrons. The maximum absolute atomic E-state index is 13.2. The molecule has 0 fully saturated rings. The molecule has 0 amide bonds. The molecule has 0 saturated heterocycles. The molecule has 5 heteroatoms. The number of benzene rings is 3. The number of hydrogen-bond donors (Lipinski definition) is 0. The van der Waals surface area contributed by atoms with E-state index in [0.717, 1.165) is 16.7 Å². The second-order valence-corrected chi connectivity index (χ2v) is 9.03. The van der Waals surface area contributed by atoms with Gasteiger partial charge in [-0.05, 0) is 11.1 Å². The van der Waals surface area contributed by atoms with Crippen molar-refractivity contribution in [2.75, 3.05) is 0 Å². The first-order valence-electron chi connectivity index (χ1n) is 8.52. The van der Waals surface area contributed by atoms with Gasteiger partial charge in [-0.2, -0.15) is 0 Å². The molecular formula is C22H17NO2S2. The third-order valence-electron chi connectivity index (χ3n) is 4.15. The third-order valence-corrected chi connectivity index (χ3v) is 7.03. The minimum Gasteiger partial charge on any atom is -0.224 e. The molecule has 0 bridgehead atoms. The Morgan fingerprint density at radius 1 is 0.704 bits per heavy atom. The fourth-order valence-corrected chi connectivity index (χ4v) is 5.79. The lowest BCUT2D eigenvalue weighted by molar-refractivity contribution is 0.592.